The number of carboxylic acid groups (broad SMARTS) is 1. The summed E-state index contributed by atoms with van der Waals surface area (Å²) in [6.45, 7) is 2.26. The molecular formula is C15H19N3O3. The van der Waals surface area contributed by atoms with Gasteiger partial charge in [-0.3, -0.25) is 4.79 Å². The van der Waals surface area contributed by atoms with E-state index in [1.54, 1.807) is 17.9 Å². The predicted molar refractivity (Wildman–Crippen MR) is 77.4 cm³/mol. The number of pyridine rings is 1. The molecule has 3 N–H and O–H groups in total. The Balaban J connectivity index is 2.13. The minimum absolute atomic E-state index is 0.338. The molecule has 1 aliphatic heterocycles. The molecule has 6 heteroatoms. The number of hydrogen-bond donors (Lipinski definition) is 2. The number of primary amides is 1. The number of rotatable bonds is 3. The molecule has 1 aromatic heterocycles. The zero-order chi connectivity index (χ0) is 15.2. The SMILES string of the molecule is CC1(C(=O)O)CCCN1c1nc2c(cc1C(N)=O)CCC2. The van der Waals surface area contributed by atoms with Crippen LogP contribution >= 0.6 is 0 Å². The van der Waals surface area contributed by atoms with Gasteiger partial charge in [-0.2, -0.15) is 0 Å². The first kappa shape index (κ1) is 13.9. The van der Waals surface area contributed by atoms with E-state index in [1.807, 2.05) is 0 Å². The molecule has 0 aromatic carbocycles. The fraction of sp³-hybridized carbons (Fsp3) is 0.533. The van der Waals surface area contributed by atoms with Crippen LogP contribution in [0.2, 0.25) is 0 Å². The van der Waals surface area contributed by atoms with Crippen molar-refractivity contribution in [1.29, 1.82) is 0 Å². The lowest BCUT2D eigenvalue weighted by atomic mass is 9.98. The van der Waals surface area contributed by atoms with Gasteiger partial charge in [-0.1, -0.05) is 0 Å². The number of amides is 1. The number of aromatic nitrogens is 1. The molecule has 1 aromatic rings. The van der Waals surface area contributed by atoms with Gasteiger partial charge in [0.25, 0.3) is 5.91 Å². The van der Waals surface area contributed by atoms with Crippen LogP contribution in [0.15, 0.2) is 6.07 Å². The highest BCUT2D eigenvalue weighted by Gasteiger charge is 2.45. The van der Waals surface area contributed by atoms with Gasteiger partial charge in [0, 0.05) is 12.2 Å². The number of carbonyl (C=O) groups excluding carboxylic acids is 1. The van der Waals surface area contributed by atoms with Gasteiger partial charge in [-0.15, -0.1) is 0 Å². The monoisotopic (exact) mass is 289 g/mol. The first-order valence-corrected chi connectivity index (χ1v) is 7.27. The molecule has 1 aliphatic carbocycles. The molecule has 3 rings (SSSR count). The molecule has 2 aliphatic rings. The number of nitrogens with two attached hydrogens (primary N) is 1. The number of carboxylic acids is 1. The Morgan fingerprint density at radius 1 is 1.38 bits per heavy atom. The highest BCUT2D eigenvalue weighted by Crippen LogP contribution is 2.36. The van der Waals surface area contributed by atoms with Gasteiger partial charge in [-0.05, 0) is 50.7 Å². The second kappa shape index (κ2) is 4.72. The van der Waals surface area contributed by atoms with Gasteiger partial charge in [-0.25, -0.2) is 9.78 Å². The number of hydrogen-bond acceptors (Lipinski definition) is 4. The minimum atomic E-state index is -1.02. The fourth-order valence-electron chi connectivity index (χ4n) is 3.37. The Morgan fingerprint density at radius 2 is 2.14 bits per heavy atom. The third kappa shape index (κ3) is 2.05. The van der Waals surface area contributed by atoms with Crippen LogP contribution in [0.1, 0.15) is 47.8 Å². The molecule has 0 saturated carbocycles. The van der Waals surface area contributed by atoms with E-state index < -0.39 is 17.4 Å². The topological polar surface area (TPSA) is 96.5 Å². The number of aliphatic carboxylic acids is 1. The van der Waals surface area contributed by atoms with Gasteiger partial charge >= 0.3 is 5.97 Å². The minimum Gasteiger partial charge on any atom is -0.480 e. The highest BCUT2D eigenvalue weighted by molar-refractivity contribution is 5.99. The van der Waals surface area contributed by atoms with Crippen LogP contribution in [0.25, 0.3) is 0 Å². The van der Waals surface area contributed by atoms with Gasteiger partial charge < -0.3 is 15.7 Å². The number of carbonyl (C=O) groups is 2. The second-order valence-electron chi connectivity index (χ2n) is 6.02. The average molecular weight is 289 g/mol. The van der Waals surface area contributed by atoms with E-state index in [1.165, 1.54) is 0 Å². The number of nitrogens with zero attached hydrogens (tertiary/aromatic N) is 2. The normalized spacial score (nSPS) is 24.1. The van der Waals surface area contributed by atoms with Crippen LogP contribution in [0.4, 0.5) is 5.82 Å². The zero-order valence-electron chi connectivity index (χ0n) is 12.1. The van der Waals surface area contributed by atoms with Crippen LogP contribution in [0, 0.1) is 0 Å². The van der Waals surface area contributed by atoms with Crippen LogP contribution in [0.5, 0.6) is 0 Å². The van der Waals surface area contributed by atoms with Crippen molar-refractivity contribution < 1.29 is 14.7 Å². The summed E-state index contributed by atoms with van der Waals surface area (Å²) in [4.78, 5) is 29.7. The van der Waals surface area contributed by atoms with E-state index in [-0.39, 0.29) is 0 Å². The Kier molecular flexibility index (Phi) is 3.11. The molecular weight excluding hydrogens is 270 g/mol. The summed E-state index contributed by atoms with van der Waals surface area (Å²) in [5.41, 5.74) is 6.83. The molecule has 0 spiro atoms. The van der Waals surface area contributed by atoms with Crippen molar-refractivity contribution in [3.63, 3.8) is 0 Å². The van der Waals surface area contributed by atoms with Crippen LogP contribution in [-0.2, 0) is 17.6 Å². The Morgan fingerprint density at radius 3 is 2.81 bits per heavy atom. The highest BCUT2D eigenvalue weighted by atomic mass is 16.4. The van der Waals surface area contributed by atoms with Crippen molar-refractivity contribution in [2.24, 2.45) is 5.73 Å². The summed E-state index contributed by atoms with van der Waals surface area (Å²) in [6.07, 6.45) is 4.09. The van der Waals surface area contributed by atoms with Gasteiger partial charge in [0.1, 0.15) is 11.4 Å². The maximum absolute atomic E-state index is 11.8. The second-order valence-corrected chi connectivity index (χ2v) is 6.02. The van der Waals surface area contributed by atoms with E-state index in [0.29, 0.717) is 24.3 Å². The lowest BCUT2D eigenvalue weighted by molar-refractivity contribution is -0.142. The van der Waals surface area contributed by atoms with E-state index in [9.17, 15) is 14.7 Å². The molecule has 1 atom stereocenters. The molecule has 21 heavy (non-hydrogen) atoms. The maximum Gasteiger partial charge on any atom is 0.329 e. The fourth-order valence-corrected chi connectivity index (χ4v) is 3.37. The summed E-state index contributed by atoms with van der Waals surface area (Å²) in [5.74, 6) is -1.00. The molecule has 2 heterocycles. The van der Waals surface area contributed by atoms with Gasteiger partial charge in [0.15, 0.2) is 0 Å². The van der Waals surface area contributed by atoms with E-state index >= 15 is 0 Å². The molecule has 1 saturated heterocycles. The van der Waals surface area contributed by atoms with Gasteiger partial charge in [0.05, 0.1) is 5.56 Å². The van der Waals surface area contributed by atoms with E-state index in [0.717, 1.165) is 36.9 Å². The summed E-state index contributed by atoms with van der Waals surface area (Å²) >= 11 is 0. The summed E-state index contributed by atoms with van der Waals surface area (Å²) in [7, 11) is 0. The van der Waals surface area contributed by atoms with Crippen LogP contribution in [-0.4, -0.2) is 34.1 Å². The smallest absolute Gasteiger partial charge is 0.329 e. The standard InChI is InChI=1S/C15H19N3O3/c1-15(14(20)21)6-3-7-18(15)13-10(12(16)19)8-9-4-2-5-11(9)17-13/h8H,2-7H2,1H3,(H2,16,19)(H,20,21). The van der Waals surface area contributed by atoms with Crippen molar-refractivity contribution in [2.45, 2.75) is 44.6 Å². The number of aryl methyl sites for hydroxylation is 2. The molecule has 6 nitrogen and oxygen atoms in total. The van der Waals surface area contributed by atoms with Crippen molar-refractivity contribution in [3.05, 3.63) is 22.9 Å². The Hall–Kier alpha value is -2.11. The maximum atomic E-state index is 11.8. The Labute approximate surface area is 123 Å². The lowest BCUT2D eigenvalue weighted by Gasteiger charge is -2.33. The molecule has 0 radical (unpaired) electrons. The summed E-state index contributed by atoms with van der Waals surface area (Å²) < 4.78 is 0. The van der Waals surface area contributed by atoms with Crippen LogP contribution in [0.3, 0.4) is 0 Å². The quantitative estimate of drug-likeness (QED) is 0.869. The average Bonchev–Trinajstić information content (AvgIpc) is 3.03. The van der Waals surface area contributed by atoms with Crippen molar-refractivity contribution in [2.75, 3.05) is 11.4 Å². The molecule has 1 amide bonds. The predicted octanol–water partition coefficient (Wildman–Crippen LogP) is 1.11. The lowest BCUT2D eigenvalue weighted by Crippen LogP contribution is -2.49. The first-order valence-electron chi connectivity index (χ1n) is 7.27. The Bertz CT molecular complexity index is 629. The number of anilines is 1. The number of fused-ring (bicyclic) bond motifs is 1. The molecule has 1 unspecified atom stereocenters. The van der Waals surface area contributed by atoms with Crippen molar-refractivity contribution in [3.8, 4) is 0 Å². The zero-order valence-corrected chi connectivity index (χ0v) is 12.1. The molecule has 1 fully saturated rings. The van der Waals surface area contributed by atoms with Crippen molar-refractivity contribution in [1.82, 2.24) is 4.98 Å². The third-order valence-corrected chi connectivity index (χ3v) is 4.65. The van der Waals surface area contributed by atoms with E-state index in [2.05, 4.69) is 4.98 Å². The third-order valence-electron chi connectivity index (χ3n) is 4.65. The summed E-state index contributed by atoms with van der Waals surface area (Å²) in [6, 6.07) is 1.80. The van der Waals surface area contributed by atoms with Crippen LogP contribution < -0.4 is 10.6 Å². The summed E-state index contributed by atoms with van der Waals surface area (Å²) in [5, 5.41) is 9.54. The van der Waals surface area contributed by atoms with E-state index in [4.69, 9.17) is 5.73 Å². The largest absolute Gasteiger partial charge is 0.480 e. The van der Waals surface area contributed by atoms with Crippen molar-refractivity contribution >= 4 is 17.7 Å². The molecule has 0 bridgehead atoms. The van der Waals surface area contributed by atoms with Gasteiger partial charge in [0.2, 0.25) is 0 Å². The first-order chi connectivity index (χ1) is 9.93. The molecule has 112 valence electrons.